The first kappa shape index (κ1) is 17.0. The summed E-state index contributed by atoms with van der Waals surface area (Å²) in [6, 6.07) is 7.70. The average molecular weight is 347 g/mol. The van der Waals surface area contributed by atoms with Crippen molar-refractivity contribution in [2.75, 3.05) is 26.2 Å². The van der Waals surface area contributed by atoms with Crippen molar-refractivity contribution in [2.24, 2.45) is 0 Å². The molecule has 1 fully saturated rings. The summed E-state index contributed by atoms with van der Waals surface area (Å²) in [5, 5.41) is 5.03. The highest BCUT2D eigenvalue weighted by Crippen LogP contribution is 2.16. The number of amides is 1. The number of hydrogen-bond donors (Lipinski definition) is 0. The minimum atomic E-state index is -0.252. The van der Waals surface area contributed by atoms with E-state index in [0.717, 1.165) is 43.3 Å². The number of piperazine rings is 1. The molecule has 5 nitrogen and oxygen atoms in total. The van der Waals surface area contributed by atoms with Gasteiger partial charge in [-0.05, 0) is 37.1 Å². The summed E-state index contributed by atoms with van der Waals surface area (Å²) in [5.74, 6) is 0.139. The molecule has 1 aromatic heterocycles. The fourth-order valence-electron chi connectivity index (χ4n) is 3.04. The maximum Gasteiger partial charge on any atom is 0.247 e. The number of aryl methyl sites for hydroxylation is 1. The molecule has 0 aliphatic carbocycles. The summed E-state index contributed by atoms with van der Waals surface area (Å²) in [5.41, 5.74) is 2.28. The number of halogens is 1. The molecule has 0 bridgehead atoms. The van der Waals surface area contributed by atoms with Crippen LogP contribution in [0.4, 0.5) is 0 Å². The highest BCUT2D eigenvalue weighted by molar-refractivity contribution is 6.30. The Morgan fingerprint density at radius 1 is 1.29 bits per heavy atom. The molecular weight excluding hydrogens is 324 g/mol. The SMILES string of the molecule is Cc1cnn(C(C)C(=O)N2CCN(Cc3cccc(Cl)c3)CC2)c1. The second kappa shape index (κ2) is 7.36. The second-order valence-corrected chi connectivity index (χ2v) is 6.84. The summed E-state index contributed by atoms with van der Waals surface area (Å²) < 4.78 is 1.75. The van der Waals surface area contributed by atoms with Crippen LogP contribution in [0.1, 0.15) is 24.1 Å². The fourth-order valence-corrected chi connectivity index (χ4v) is 3.25. The quantitative estimate of drug-likeness (QED) is 0.854. The van der Waals surface area contributed by atoms with Gasteiger partial charge in [0, 0.05) is 43.9 Å². The molecule has 2 aromatic rings. The summed E-state index contributed by atoms with van der Waals surface area (Å²) in [6.07, 6.45) is 3.70. The Bertz CT molecular complexity index is 707. The van der Waals surface area contributed by atoms with Gasteiger partial charge in [-0.25, -0.2) is 0 Å². The molecule has 1 aliphatic heterocycles. The van der Waals surface area contributed by atoms with Gasteiger partial charge in [0.1, 0.15) is 6.04 Å². The maximum atomic E-state index is 12.6. The van der Waals surface area contributed by atoms with E-state index in [-0.39, 0.29) is 11.9 Å². The van der Waals surface area contributed by atoms with Crippen molar-refractivity contribution in [3.8, 4) is 0 Å². The van der Waals surface area contributed by atoms with Crippen LogP contribution in [-0.2, 0) is 11.3 Å². The van der Waals surface area contributed by atoms with Crippen LogP contribution in [0, 0.1) is 6.92 Å². The van der Waals surface area contributed by atoms with Crippen LogP contribution < -0.4 is 0 Å². The molecule has 0 radical (unpaired) electrons. The van der Waals surface area contributed by atoms with Gasteiger partial charge in [0.05, 0.1) is 6.20 Å². The molecule has 128 valence electrons. The van der Waals surface area contributed by atoms with Gasteiger partial charge in [-0.1, -0.05) is 23.7 Å². The lowest BCUT2D eigenvalue weighted by Gasteiger charge is -2.36. The lowest BCUT2D eigenvalue weighted by Crippen LogP contribution is -2.49. The summed E-state index contributed by atoms with van der Waals surface area (Å²) >= 11 is 6.04. The van der Waals surface area contributed by atoms with Gasteiger partial charge in [-0.2, -0.15) is 5.10 Å². The van der Waals surface area contributed by atoms with Gasteiger partial charge in [0.25, 0.3) is 0 Å². The first-order valence-electron chi connectivity index (χ1n) is 8.29. The van der Waals surface area contributed by atoms with Gasteiger partial charge >= 0.3 is 0 Å². The Hall–Kier alpha value is -1.85. The maximum absolute atomic E-state index is 12.6. The monoisotopic (exact) mass is 346 g/mol. The van der Waals surface area contributed by atoms with E-state index in [1.54, 1.807) is 10.9 Å². The fraction of sp³-hybridized carbons (Fsp3) is 0.444. The van der Waals surface area contributed by atoms with Crippen LogP contribution >= 0.6 is 11.6 Å². The molecule has 2 heterocycles. The van der Waals surface area contributed by atoms with E-state index in [9.17, 15) is 4.79 Å². The van der Waals surface area contributed by atoms with Crippen molar-refractivity contribution in [1.29, 1.82) is 0 Å². The first-order valence-corrected chi connectivity index (χ1v) is 8.67. The van der Waals surface area contributed by atoms with Gasteiger partial charge < -0.3 is 4.90 Å². The van der Waals surface area contributed by atoms with Crippen molar-refractivity contribution in [3.63, 3.8) is 0 Å². The van der Waals surface area contributed by atoms with Crippen LogP contribution in [0.2, 0.25) is 5.02 Å². The number of carbonyl (C=O) groups is 1. The topological polar surface area (TPSA) is 41.4 Å². The second-order valence-electron chi connectivity index (χ2n) is 6.41. The van der Waals surface area contributed by atoms with E-state index in [2.05, 4.69) is 16.1 Å². The van der Waals surface area contributed by atoms with Crippen molar-refractivity contribution in [2.45, 2.75) is 26.4 Å². The lowest BCUT2D eigenvalue weighted by atomic mass is 10.2. The van der Waals surface area contributed by atoms with E-state index in [1.165, 1.54) is 5.56 Å². The standard InChI is InChI=1S/C18H23ClN4O/c1-14-11-20-23(12-14)15(2)18(24)22-8-6-21(7-9-22)13-16-4-3-5-17(19)10-16/h3-5,10-12,15H,6-9,13H2,1-2H3. The van der Waals surface area contributed by atoms with Gasteiger partial charge in [0.15, 0.2) is 0 Å². The number of aromatic nitrogens is 2. The van der Waals surface area contributed by atoms with Crippen molar-refractivity contribution in [1.82, 2.24) is 19.6 Å². The molecule has 6 heteroatoms. The van der Waals surface area contributed by atoms with Crippen LogP contribution in [0.15, 0.2) is 36.7 Å². The highest BCUT2D eigenvalue weighted by Gasteiger charge is 2.26. The molecule has 1 unspecified atom stereocenters. The molecule has 3 rings (SSSR count). The molecular formula is C18H23ClN4O. The number of nitrogens with zero attached hydrogens (tertiary/aromatic N) is 4. The minimum Gasteiger partial charge on any atom is -0.338 e. The summed E-state index contributed by atoms with van der Waals surface area (Å²) in [4.78, 5) is 16.9. The molecule has 1 amide bonds. The van der Waals surface area contributed by atoms with E-state index in [0.29, 0.717) is 0 Å². The molecule has 24 heavy (non-hydrogen) atoms. The Labute approximate surface area is 147 Å². The zero-order valence-electron chi connectivity index (χ0n) is 14.2. The third-order valence-corrected chi connectivity index (χ3v) is 4.70. The van der Waals surface area contributed by atoms with Crippen molar-refractivity contribution < 1.29 is 4.79 Å². The Kier molecular flexibility index (Phi) is 5.21. The third-order valence-electron chi connectivity index (χ3n) is 4.46. The molecule has 0 saturated carbocycles. The van der Waals surface area contributed by atoms with Crippen LogP contribution in [0.5, 0.6) is 0 Å². The Balaban J connectivity index is 1.53. The van der Waals surface area contributed by atoms with E-state index in [4.69, 9.17) is 11.6 Å². The number of rotatable bonds is 4. The molecule has 0 N–H and O–H groups in total. The van der Waals surface area contributed by atoms with Crippen LogP contribution in [0.3, 0.4) is 0 Å². The lowest BCUT2D eigenvalue weighted by molar-refractivity contribution is -0.136. The third kappa shape index (κ3) is 3.97. The normalized spacial score (nSPS) is 17.0. The van der Waals surface area contributed by atoms with Crippen molar-refractivity contribution >= 4 is 17.5 Å². The van der Waals surface area contributed by atoms with E-state index in [1.807, 2.05) is 43.1 Å². The Morgan fingerprint density at radius 3 is 2.67 bits per heavy atom. The minimum absolute atomic E-state index is 0.139. The molecule has 1 saturated heterocycles. The van der Waals surface area contributed by atoms with E-state index >= 15 is 0 Å². The zero-order chi connectivity index (χ0) is 17.1. The predicted molar refractivity (Wildman–Crippen MR) is 95.0 cm³/mol. The largest absolute Gasteiger partial charge is 0.338 e. The smallest absolute Gasteiger partial charge is 0.247 e. The molecule has 1 atom stereocenters. The summed E-state index contributed by atoms with van der Waals surface area (Å²) in [7, 11) is 0. The number of benzene rings is 1. The van der Waals surface area contributed by atoms with Gasteiger partial charge in [0.2, 0.25) is 5.91 Å². The highest BCUT2D eigenvalue weighted by atomic mass is 35.5. The van der Waals surface area contributed by atoms with Crippen molar-refractivity contribution in [3.05, 3.63) is 52.8 Å². The molecule has 0 spiro atoms. The van der Waals surface area contributed by atoms with Crippen LogP contribution in [0.25, 0.3) is 0 Å². The van der Waals surface area contributed by atoms with Gasteiger partial charge in [-0.15, -0.1) is 0 Å². The number of hydrogen-bond acceptors (Lipinski definition) is 3. The first-order chi connectivity index (χ1) is 11.5. The molecule has 1 aromatic carbocycles. The zero-order valence-corrected chi connectivity index (χ0v) is 14.9. The van der Waals surface area contributed by atoms with Gasteiger partial charge in [-0.3, -0.25) is 14.4 Å². The van der Waals surface area contributed by atoms with Crippen LogP contribution in [-0.4, -0.2) is 51.7 Å². The Morgan fingerprint density at radius 2 is 2.04 bits per heavy atom. The summed E-state index contributed by atoms with van der Waals surface area (Å²) in [6.45, 7) is 8.03. The number of carbonyl (C=O) groups excluding carboxylic acids is 1. The van der Waals surface area contributed by atoms with E-state index < -0.39 is 0 Å². The average Bonchev–Trinajstić information content (AvgIpc) is 3.01. The molecule has 1 aliphatic rings. The predicted octanol–water partition coefficient (Wildman–Crippen LogP) is 2.75.